The van der Waals surface area contributed by atoms with Crippen molar-refractivity contribution in [3.05, 3.63) is 23.2 Å². The highest BCUT2D eigenvalue weighted by Gasteiger charge is 2.17. The number of hydrogen-bond donors (Lipinski definition) is 1. The lowest BCUT2D eigenvalue weighted by Gasteiger charge is -2.23. The van der Waals surface area contributed by atoms with Crippen LogP contribution < -0.4 is 5.32 Å². The van der Waals surface area contributed by atoms with Crippen molar-refractivity contribution in [2.75, 3.05) is 19.0 Å². The minimum Gasteiger partial charge on any atom is -0.377 e. The third kappa shape index (κ3) is 2.76. The van der Waals surface area contributed by atoms with Crippen LogP contribution >= 0.6 is 15.9 Å². The molecule has 6 heteroatoms. The van der Waals surface area contributed by atoms with Crippen LogP contribution in [0.25, 0.3) is 5.65 Å². The Labute approximate surface area is 108 Å². The summed E-state index contributed by atoms with van der Waals surface area (Å²) in [5.41, 5.74) is 0.563. The van der Waals surface area contributed by atoms with E-state index in [1.807, 2.05) is 30.6 Å². The van der Waals surface area contributed by atoms with Crippen molar-refractivity contribution in [2.45, 2.75) is 19.4 Å². The lowest BCUT2D eigenvalue weighted by atomic mass is 10.1. The van der Waals surface area contributed by atoms with E-state index in [2.05, 4.69) is 31.2 Å². The van der Waals surface area contributed by atoms with Gasteiger partial charge in [-0.05, 0) is 29.8 Å². The Kier molecular flexibility index (Phi) is 3.35. The number of rotatable bonds is 4. The Bertz CT molecular complexity index is 523. The Morgan fingerprint density at radius 1 is 1.53 bits per heavy atom. The highest BCUT2D eigenvalue weighted by Crippen LogP contribution is 2.18. The minimum atomic E-state index is -0.242. The molecule has 2 aromatic rings. The van der Waals surface area contributed by atoms with Gasteiger partial charge < -0.3 is 14.5 Å². The molecule has 0 unspecified atom stereocenters. The third-order valence-electron chi connectivity index (χ3n) is 2.58. The highest BCUT2D eigenvalue weighted by atomic mass is 79.9. The predicted molar refractivity (Wildman–Crippen MR) is 70.3 cm³/mol. The fraction of sp³-hybridized carbons (Fsp3) is 0.455. The Hall–Kier alpha value is -1.14. The van der Waals surface area contributed by atoms with Gasteiger partial charge in [0.2, 0.25) is 0 Å². The SMILES string of the molecule is COC(C)(C)CNc1nc(Br)cn2ccnc12. The fourth-order valence-corrected chi connectivity index (χ4v) is 1.79. The van der Waals surface area contributed by atoms with Crippen LogP contribution in [-0.4, -0.2) is 33.6 Å². The molecule has 92 valence electrons. The van der Waals surface area contributed by atoms with E-state index in [-0.39, 0.29) is 5.60 Å². The first-order chi connectivity index (χ1) is 8.02. The predicted octanol–water partition coefficient (Wildman–Crippen LogP) is 2.33. The van der Waals surface area contributed by atoms with E-state index < -0.39 is 0 Å². The Morgan fingerprint density at radius 2 is 2.29 bits per heavy atom. The molecule has 0 spiro atoms. The molecule has 0 radical (unpaired) electrons. The van der Waals surface area contributed by atoms with Crippen LogP contribution in [0.4, 0.5) is 5.82 Å². The van der Waals surface area contributed by atoms with Crippen molar-refractivity contribution >= 4 is 27.4 Å². The van der Waals surface area contributed by atoms with Crippen molar-refractivity contribution in [1.82, 2.24) is 14.4 Å². The maximum Gasteiger partial charge on any atom is 0.180 e. The first-order valence-corrected chi connectivity index (χ1v) is 6.09. The molecule has 0 aliphatic carbocycles. The van der Waals surface area contributed by atoms with Crippen LogP contribution in [0.3, 0.4) is 0 Å². The molecule has 0 atom stereocenters. The minimum absolute atomic E-state index is 0.242. The molecule has 0 aliphatic heterocycles. The average molecular weight is 299 g/mol. The van der Waals surface area contributed by atoms with Crippen LogP contribution in [-0.2, 0) is 4.74 Å². The standard InChI is InChI=1S/C11H15BrN4O/c1-11(2,17-3)7-14-9-10-13-4-5-16(10)6-8(12)15-9/h4-6H,7H2,1-3H3,(H,14,15). The zero-order valence-corrected chi connectivity index (χ0v) is 11.7. The maximum atomic E-state index is 5.35. The summed E-state index contributed by atoms with van der Waals surface area (Å²) in [7, 11) is 1.70. The molecule has 0 amide bonds. The monoisotopic (exact) mass is 298 g/mol. The van der Waals surface area contributed by atoms with E-state index in [1.165, 1.54) is 0 Å². The third-order valence-corrected chi connectivity index (χ3v) is 2.96. The lowest BCUT2D eigenvalue weighted by Crippen LogP contribution is -2.32. The zero-order chi connectivity index (χ0) is 12.5. The number of ether oxygens (including phenoxy) is 1. The second-order valence-electron chi connectivity index (χ2n) is 4.39. The van der Waals surface area contributed by atoms with Gasteiger partial charge in [0.1, 0.15) is 4.60 Å². The van der Waals surface area contributed by atoms with Gasteiger partial charge in [-0.2, -0.15) is 0 Å². The summed E-state index contributed by atoms with van der Waals surface area (Å²) >= 11 is 3.37. The molecule has 17 heavy (non-hydrogen) atoms. The number of anilines is 1. The van der Waals surface area contributed by atoms with Crippen molar-refractivity contribution < 1.29 is 4.74 Å². The van der Waals surface area contributed by atoms with Crippen molar-refractivity contribution in [1.29, 1.82) is 0 Å². The van der Waals surface area contributed by atoms with Gasteiger partial charge in [-0.1, -0.05) is 0 Å². The lowest BCUT2D eigenvalue weighted by molar-refractivity contribution is 0.0343. The van der Waals surface area contributed by atoms with E-state index in [0.29, 0.717) is 6.54 Å². The van der Waals surface area contributed by atoms with Gasteiger partial charge in [0.05, 0.1) is 5.60 Å². The van der Waals surface area contributed by atoms with Gasteiger partial charge in [-0.3, -0.25) is 0 Å². The molecule has 2 heterocycles. The first kappa shape index (κ1) is 12.3. The van der Waals surface area contributed by atoms with E-state index in [9.17, 15) is 0 Å². The molecular weight excluding hydrogens is 284 g/mol. The number of hydrogen-bond acceptors (Lipinski definition) is 4. The summed E-state index contributed by atoms with van der Waals surface area (Å²) < 4.78 is 8.03. The fourth-order valence-electron chi connectivity index (χ4n) is 1.39. The van der Waals surface area contributed by atoms with Crippen LogP contribution in [0.5, 0.6) is 0 Å². The molecular formula is C11H15BrN4O. The Balaban J connectivity index is 2.26. The molecule has 0 fully saturated rings. The summed E-state index contributed by atoms with van der Waals surface area (Å²) in [4.78, 5) is 8.64. The molecule has 0 aliphatic rings. The number of aromatic nitrogens is 3. The number of fused-ring (bicyclic) bond motifs is 1. The summed E-state index contributed by atoms with van der Waals surface area (Å²) in [6, 6.07) is 0. The van der Waals surface area contributed by atoms with Gasteiger partial charge in [0.25, 0.3) is 0 Å². The maximum absolute atomic E-state index is 5.35. The van der Waals surface area contributed by atoms with Gasteiger partial charge in [0, 0.05) is 32.2 Å². The van der Waals surface area contributed by atoms with Crippen molar-refractivity contribution in [3.8, 4) is 0 Å². The number of imidazole rings is 1. The summed E-state index contributed by atoms with van der Waals surface area (Å²) in [6.07, 6.45) is 5.50. The second kappa shape index (κ2) is 4.62. The topological polar surface area (TPSA) is 51.5 Å². The molecule has 5 nitrogen and oxygen atoms in total. The number of halogens is 1. The van der Waals surface area contributed by atoms with Crippen LogP contribution in [0, 0.1) is 0 Å². The molecule has 2 aromatic heterocycles. The van der Waals surface area contributed by atoms with Gasteiger partial charge in [-0.15, -0.1) is 0 Å². The number of methoxy groups -OCH3 is 1. The average Bonchev–Trinajstić information content (AvgIpc) is 2.73. The van der Waals surface area contributed by atoms with Crippen molar-refractivity contribution in [2.24, 2.45) is 0 Å². The molecule has 2 rings (SSSR count). The normalized spacial score (nSPS) is 12.0. The second-order valence-corrected chi connectivity index (χ2v) is 5.20. The zero-order valence-electron chi connectivity index (χ0n) is 10.1. The van der Waals surface area contributed by atoms with E-state index in [1.54, 1.807) is 13.3 Å². The van der Waals surface area contributed by atoms with Gasteiger partial charge in [0.15, 0.2) is 11.5 Å². The Morgan fingerprint density at radius 3 is 3.00 bits per heavy atom. The summed E-state index contributed by atoms with van der Waals surface area (Å²) in [5.74, 6) is 0.745. The van der Waals surface area contributed by atoms with E-state index in [4.69, 9.17) is 4.74 Å². The van der Waals surface area contributed by atoms with Crippen molar-refractivity contribution in [3.63, 3.8) is 0 Å². The summed E-state index contributed by atoms with van der Waals surface area (Å²) in [6.45, 7) is 4.69. The summed E-state index contributed by atoms with van der Waals surface area (Å²) in [5, 5.41) is 3.26. The van der Waals surface area contributed by atoms with Crippen LogP contribution in [0.15, 0.2) is 23.2 Å². The van der Waals surface area contributed by atoms with Gasteiger partial charge in [-0.25, -0.2) is 9.97 Å². The largest absolute Gasteiger partial charge is 0.377 e. The first-order valence-electron chi connectivity index (χ1n) is 5.30. The molecule has 0 saturated heterocycles. The number of nitrogens with zero attached hydrogens (tertiary/aromatic N) is 3. The number of nitrogens with one attached hydrogen (secondary N) is 1. The quantitative estimate of drug-likeness (QED) is 0.941. The van der Waals surface area contributed by atoms with Gasteiger partial charge >= 0.3 is 0 Å². The molecule has 0 aromatic carbocycles. The molecule has 1 N–H and O–H groups in total. The van der Waals surface area contributed by atoms with E-state index >= 15 is 0 Å². The molecule has 0 saturated carbocycles. The highest BCUT2D eigenvalue weighted by molar-refractivity contribution is 9.10. The van der Waals surface area contributed by atoms with E-state index in [0.717, 1.165) is 16.1 Å². The smallest absolute Gasteiger partial charge is 0.180 e. The van der Waals surface area contributed by atoms with Crippen LogP contribution in [0.1, 0.15) is 13.8 Å². The molecule has 0 bridgehead atoms. The van der Waals surface area contributed by atoms with Crippen LogP contribution in [0.2, 0.25) is 0 Å².